The maximum Gasteiger partial charge on any atom is 0.244 e. The predicted octanol–water partition coefficient (Wildman–Crippen LogP) is 3.70. The van der Waals surface area contributed by atoms with Crippen LogP contribution in [0.5, 0.6) is 0 Å². The molecule has 32 heavy (non-hydrogen) atoms. The standard InChI is InChI=1S/C22H27Cl2N3O4S/c1-4-13-25-22(29)16(2)26(14-17-5-7-18(23)8-6-17)21(28)15-27(32(3,30)31)20-11-9-19(24)10-12-20/h5-12,16H,4,13-15H2,1-3H3,(H,25,29)/t16-/m0/s1. The zero-order valence-electron chi connectivity index (χ0n) is 18.2. The van der Waals surface area contributed by atoms with Gasteiger partial charge in [-0.25, -0.2) is 8.42 Å². The Labute approximate surface area is 199 Å². The number of hydrogen-bond acceptors (Lipinski definition) is 4. The first kappa shape index (κ1) is 26.0. The number of carbonyl (C=O) groups excluding carboxylic acids is 2. The summed E-state index contributed by atoms with van der Waals surface area (Å²) in [6.07, 6.45) is 1.78. The van der Waals surface area contributed by atoms with Crippen molar-refractivity contribution in [1.82, 2.24) is 10.2 Å². The lowest BCUT2D eigenvalue weighted by Crippen LogP contribution is -2.51. The molecule has 0 heterocycles. The van der Waals surface area contributed by atoms with E-state index in [0.717, 1.165) is 22.5 Å². The van der Waals surface area contributed by atoms with E-state index in [9.17, 15) is 18.0 Å². The number of anilines is 1. The largest absolute Gasteiger partial charge is 0.354 e. The molecular formula is C22H27Cl2N3O4S. The minimum atomic E-state index is -3.77. The number of benzene rings is 2. The first-order valence-corrected chi connectivity index (χ1v) is 12.7. The number of halogens is 2. The second-order valence-corrected chi connectivity index (χ2v) is 10.1. The summed E-state index contributed by atoms with van der Waals surface area (Å²) in [5.41, 5.74) is 1.06. The highest BCUT2D eigenvalue weighted by Crippen LogP contribution is 2.21. The minimum Gasteiger partial charge on any atom is -0.354 e. The molecule has 0 aliphatic carbocycles. The normalized spacial score (nSPS) is 12.2. The van der Waals surface area contributed by atoms with Crippen molar-refractivity contribution in [3.8, 4) is 0 Å². The van der Waals surface area contributed by atoms with Crippen molar-refractivity contribution < 1.29 is 18.0 Å². The molecule has 0 saturated heterocycles. The van der Waals surface area contributed by atoms with Gasteiger partial charge in [-0.3, -0.25) is 13.9 Å². The lowest BCUT2D eigenvalue weighted by Gasteiger charge is -2.31. The molecule has 0 saturated carbocycles. The fourth-order valence-electron chi connectivity index (χ4n) is 2.99. The fourth-order valence-corrected chi connectivity index (χ4v) is 4.09. The average Bonchev–Trinajstić information content (AvgIpc) is 2.74. The molecule has 0 unspecified atom stereocenters. The van der Waals surface area contributed by atoms with Crippen molar-refractivity contribution in [3.63, 3.8) is 0 Å². The Kier molecular flexibility index (Phi) is 9.36. The number of sulfonamides is 1. The van der Waals surface area contributed by atoms with Crippen molar-refractivity contribution in [3.05, 3.63) is 64.1 Å². The smallest absolute Gasteiger partial charge is 0.244 e. The molecule has 2 amide bonds. The summed E-state index contributed by atoms with van der Waals surface area (Å²) in [7, 11) is -3.77. The molecule has 2 aromatic rings. The third kappa shape index (κ3) is 7.39. The molecule has 0 fully saturated rings. The molecule has 1 atom stereocenters. The van der Waals surface area contributed by atoms with Gasteiger partial charge in [0.25, 0.3) is 0 Å². The summed E-state index contributed by atoms with van der Waals surface area (Å²) in [5, 5.41) is 3.77. The van der Waals surface area contributed by atoms with Crippen LogP contribution in [0, 0.1) is 0 Å². The second-order valence-electron chi connectivity index (χ2n) is 7.36. The number of rotatable bonds is 10. The van der Waals surface area contributed by atoms with E-state index in [-0.39, 0.29) is 12.5 Å². The molecule has 0 spiro atoms. The SMILES string of the molecule is CCCNC(=O)[C@H](C)N(Cc1ccc(Cl)cc1)C(=O)CN(c1ccc(Cl)cc1)S(C)(=O)=O. The van der Waals surface area contributed by atoms with Crippen LogP contribution in [0.1, 0.15) is 25.8 Å². The van der Waals surface area contributed by atoms with Gasteiger partial charge in [0.05, 0.1) is 11.9 Å². The van der Waals surface area contributed by atoms with Crippen LogP contribution in [0.2, 0.25) is 10.0 Å². The Morgan fingerprint density at radius 1 is 1.00 bits per heavy atom. The predicted molar refractivity (Wildman–Crippen MR) is 128 cm³/mol. The summed E-state index contributed by atoms with van der Waals surface area (Å²) in [6.45, 7) is 3.68. The Hall–Kier alpha value is -2.29. The van der Waals surface area contributed by atoms with Crippen molar-refractivity contribution in [2.45, 2.75) is 32.9 Å². The van der Waals surface area contributed by atoms with Gasteiger partial charge in [0.15, 0.2) is 0 Å². The van der Waals surface area contributed by atoms with Crippen molar-refractivity contribution in [1.29, 1.82) is 0 Å². The molecule has 1 N–H and O–H groups in total. The van der Waals surface area contributed by atoms with Gasteiger partial charge in [0.1, 0.15) is 12.6 Å². The fraction of sp³-hybridized carbons (Fsp3) is 0.364. The molecule has 2 rings (SSSR count). The molecule has 174 valence electrons. The minimum absolute atomic E-state index is 0.120. The molecule has 10 heteroatoms. The summed E-state index contributed by atoms with van der Waals surface area (Å²) >= 11 is 11.9. The van der Waals surface area contributed by atoms with Crippen LogP contribution in [0.25, 0.3) is 0 Å². The van der Waals surface area contributed by atoms with Crippen LogP contribution >= 0.6 is 23.2 Å². The molecule has 0 bridgehead atoms. The molecule has 7 nitrogen and oxygen atoms in total. The van der Waals surface area contributed by atoms with Gasteiger partial charge in [-0.1, -0.05) is 42.3 Å². The number of carbonyl (C=O) groups is 2. The van der Waals surface area contributed by atoms with E-state index < -0.39 is 28.5 Å². The Morgan fingerprint density at radius 2 is 1.53 bits per heavy atom. The van der Waals surface area contributed by atoms with Crippen molar-refractivity contribution in [2.24, 2.45) is 0 Å². The van der Waals surface area contributed by atoms with Crippen molar-refractivity contribution in [2.75, 3.05) is 23.7 Å². The quantitative estimate of drug-likeness (QED) is 0.539. The monoisotopic (exact) mass is 499 g/mol. The van der Waals surface area contributed by atoms with E-state index in [4.69, 9.17) is 23.2 Å². The third-order valence-corrected chi connectivity index (χ3v) is 6.42. The number of amides is 2. The average molecular weight is 500 g/mol. The van der Waals surface area contributed by atoms with Gasteiger partial charge in [-0.05, 0) is 55.3 Å². The van der Waals surface area contributed by atoms with E-state index in [1.807, 2.05) is 6.92 Å². The Bertz CT molecular complexity index is 1030. The molecule has 2 aromatic carbocycles. The number of nitrogens with one attached hydrogen (secondary N) is 1. The highest BCUT2D eigenvalue weighted by molar-refractivity contribution is 7.92. The van der Waals surface area contributed by atoms with Crippen LogP contribution in [0.3, 0.4) is 0 Å². The van der Waals surface area contributed by atoms with E-state index in [0.29, 0.717) is 22.3 Å². The zero-order chi connectivity index (χ0) is 23.9. The maximum absolute atomic E-state index is 13.3. The van der Waals surface area contributed by atoms with Crippen LogP contribution < -0.4 is 9.62 Å². The summed E-state index contributed by atoms with van der Waals surface area (Å²) in [5.74, 6) is -0.828. The lowest BCUT2D eigenvalue weighted by molar-refractivity contribution is -0.139. The highest BCUT2D eigenvalue weighted by atomic mass is 35.5. The Balaban J connectivity index is 2.34. The van der Waals surface area contributed by atoms with Gasteiger partial charge >= 0.3 is 0 Å². The van der Waals surface area contributed by atoms with Gasteiger partial charge < -0.3 is 10.2 Å². The van der Waals surface area contributed by atoms with Crippen molar-refractivity contribution >= 4 is 50.7 Å². The van der Waals surface area contributed by atoms with Gasteiger partial charge in [0, 0.05) is 23.1 Å². The lowest BCUT2D eigenvalue weighted by atomic mass is 10.1. The maximum atomic E-state index is 13.3. The van der Waals surface area contributed by atoms with E-state index >= 15 is 0 Å². The summed E-state index contributed by atoms with van der Waals surface area (Å²) in [6, 6.07) is 12.2. The second kappa shape index (κ2) is 11.5. The van der Waals surface area contributed by atoms with Gasteiger partial charge in [0.2, 0.25) is 21.8 Å². The summed E-state index contributed by atoms with van der Waals surface area (Å²) in [4.78, 5) is 27.3. The molecule has 0 radical (unpaired) electrons. The summed E-state index contributed by atoms with van der Waals surface area (Å²) < 4.78 is 25.9. The molecule has 0 aliphatic heterocycles. The molecule has 0 aliphatic rings. The number of nitrogens with zero attached hydrogens (tertiary/aromatic N) is 2. The number of hydrogen-bond donors (Lipinski definition) is 1. The van der Waals surface area contributed by atoms with E-state index in [2.05, 4.69) is 5.32 Å². The zero-order valence-corrected chi connectivity index (χ0v) is 20.5. The first-order chi connectivity index (χ1) is 15.0. The first-order valence-electron chi connectivity index (χ1n) is 10.1. The van der Waals surface area contributed by atoms with E-state index in [1.165, 1.54) is 17.0 Å². The van der Waals surface area contributed by atoms with Crippen LogP contribution in [-0.4, -0.2) is 50.5 Å². The van der Waals surface area contributed by atoms with Crippen LogP contribution in [-0.2, 0) is 26.2 Å². The molecular weight excluding hydrogens is 473 g/mol. The van der Waals surface area contributed by atoms with Gasteiger partial charge in [-0.15, -0.1) is 0 Å². The van der Waals surface area contributed by atoms with Gasteiger partial charge in [-0.2, -0.15) is 0 Å². The van der Waals surface area contributed by atoms with E-state index in [1.54, 1.807) is 43.3 Å². The van der Waals surface area contributed by atoms with Crippen LogP contribution in [0.4, 0.5) is 5.69 Å². The third-order valence-electron chi connectivity index (χ3n) is 4.78. The Morgan fingerprint density at radius 3 is 2.03 bits per heavy atom. The van der Waals surface area contributed by atoms with Crippen LogP contribution in [0.15, 0.2) is 48.5 Å². The topological polar surface area (TPSA) is 86.8 Å². The highest BCUT2D eigenvalue weighted by Gasteiger charge is 2.29. The molecule has 0 aromatic heterocycles.